The predicted octanol–water partition coefficient (Wildman–Crippen LogP) is 1.79. The maximum absolute atomic E-state index is 10.4. The van der Waals surface area contributed by atoms with Crippen LogP contribution in [0.25, 0.3) is 0 Å². The van der Waals surface area contributed by atoms with Crippen molar-refractivity contribution in [1.82, 2.24) is 4.90 Å². The van der Waals surface area contributed by atoms with Crippen molar-refractivity contribution < 1.29 is 10.2 Å². The summed E-state index contributed by atoms with van der Waals surface area (Å²) in [6, 6.07) is 10.2. The summed E-state index contributed by atoms with van der Waals surface area (Å²) in [7, 11) is 0. The molecule has 0 heterocycles. The molecule has 2 rings (SSSR count). The molecule has 0 saturated heterocycles. The SMILES string of the molecule is OCCN(Cc1ccccc1)CC1(O)CCCC1. The molecule has 0 unspecified atom stereocenters. The second-order valence-electron chi connectivity index (χ2n) is 5.35. The van der Waals surface area contributed by atoms with Crippen LogP contribution in [0.2, 0.25) is 0 Å². The lowest BCUT2D eigenvalue weighted by Crippen LogP contribution is -2.41. The first kappa shape index (κ1) is 13.5. The van der Waals surface area contributed by atoms with Gasteiger partial charge in [0.2, 0.25) is 0 Å². The summed E-state index contributed by atoms with van der Waals surface area (Å²) in [5.74, 6) is 0. The molecule has 1 saturated carbocycles. The Labute approximate surface area is 109 Å². The standard InChI is InChI=1S/C15H23NO2/c17-11-10-16(12-14-6-2-1-3-7-14)13-15(18)8-4-5-9-15/h1-3,6-7,17-18H,4-5,8-13H2. The van der Waals surface area contributed by atoms with Gasteiger partial charge in [-0.25, -0.2) is 0 Å². The van der Waals surface area contributed by atoms with Gasteiger partial charge in [-0.2, -0.15) is 0 Å². The van der Waals surface area contributed by atoms with Gasteiger partial charge in [0.1, 0.15) is 0 Å². The van der Waals surface area contributed by atoms with E-state index in [1.165, 1.54) is 5.56 Å². The lowest BCUT2D eigenvalue weighted by Gasteiger charge is -2.31. The van der Waals surface area contributed by atoms with Crippen LogP contribution < -0.4 is 0 Å². The molecule has 0 radical (unpaired) electrons. The molecule has 1 fully saturated rings. The highest BCUT2D eigenvalue weighted by atomic mass is 16.3. The van der Waals surface area contributed by atoms with E-state index in [0.29, 0.717) is 13.1 Å². The van der Waals surface area contributed by atoms with Gasteiger partial charge in [-0.3, -0.25) is 4.90 Å². The zero-order valence-electron chi connectivity index (χ0n) is 10.9. The summed E-state index contributed by atoms with van der Waals surface area (Å²) in [6.07, 6.45) is 4.02. The molecule has 3 heteroatoms. The van der Waals surface area contributed by atoms with Crippen LogP contribution in [-0.4, -0.2) is 40.4 Å². The Morgan fingerprint density at radius 1 is 1.11 bits per heavy atom. The van der Waals surface area contributed by atoms with Crippen molar-refractivity contribution in [2.75, 3.05) is 19.7 Å². The van der Waals surface area contributed by atoms with Crippen LogP contribution in [0, 0.1) is 0 Å². The van der Waals surface area contributed by atoms with Crippen molar-refractivity contribution in [1.29, 1.82) is 0 Å². The fraction of sp³-hybridized carbons (Fsp3) is 0.600. The van der Waals surface area contributed by atoms with Crippen LogP contribution in [0.4, 0.5) is 0 Å². The Morgan fingerprint density at radius 2 is 1.78 bits per heavy atom. The van der Waals surface area contributed by atoms with Crippen molar-refractivity contribution in [3.63, 3.8) is 0 Å². The summed E-state index contributed by atoms with van der Waals surface area (Å²) in [5.41, 5.74) is 0.691. The smallest absolute Gasteiger partial charge is 0.0774 e. The third-order valence-corrected chi connectivity index (χ3v) is 3.72. The van der Waals surface area contributed by atoms with E-state index in [4.69, 9.17) is 5.11 Å². The number of benzene rings is 1. The molecule has 1 aliphatic rings. The Morgan fingerprint density at radius 3 is 2.39 bits per heavy atom. The Balaban J connectivity index is 1.95. The molecule has 1 aromatic rings. The lowest BCUT2D eigenvalue weighted by molar-refractivity contribution is 0.00303. The first-order chi connectivity index (χ1) is 8.72. The minimum atomic E-state index is -0.538. The molecule has 0 aliphatic heterocycles. The maximum atomic E-state index is 10.4. The monoisotopic (exact) mass is 249 g/mol. The molecular weight excluding hydrogens is 226 g/mol. The Bertz CT molecular complexity index is 347. The maximum Gasteiger partial charge on any atom is 0.0774 e. The van der Waals surface area contributed by atoms with Crippen LogP contribution in [-0.2, 0) is 6.54 Å². The number of aliphatic hydroxyl groups is 2. The van der Waals surface area contributed by atoms with Gasteiger partial charge in [0.15, 0.2) is 0 Å². The van der Waals surface area contributed by atoms with E-state index < -0.39 is 5.60 Å². The summed E-state index contributed by atoms with van der Waals surface area (Å²) in [5, 5.41) is 19.6. The molecule has 0 aromatic heterocycles. The van der Waals surface area contributed by atoms with Crippen molar-refractivity contribution in [3.05, 3.63) is 35.9 Å². The zero-order chi connectivity index (χ0) is 12.8. The van der Waals surface area contributed by atoms with Gasteiger partial charge in [-0.1, -0.05) is 43.2 Å². The average Bonchev–Trinajstić information content (AvgIpc) is 2.77. The highest BCUT2D eigenvalue weighted by Gasteiger charge is 2.32. The fourth-order valence-electron chi connectivity index (χ4n) is 2.80. The summed E-state index contributed by atoms with van der Waals surface area (Å²) >= 11 is 0. The lowest BCUT2D eigenvalue weighted by atomic mass is 10.0. The third-order valence-electron chi connectivity index (χ3n) is 3.72. The number of nitrogens with zero attached hydrogens (tertiary/aromatic N) is 1. The van der Waals surface area contributed by atoms with Crippen LogP contribution in [0.5, 0.6) is 0 Å². The van der Waals surface area contributed by atoms with Crippen LogP contribution in [0.15, 0.2) is 30.3 Å². The van der Waals surface area contributed by atoms with Crippen molar-refractivity contribution in [2.24, 2.45) is 0 Å². The average molecular weight is 249 g/mol. The third kappa shape index (κ3) is 3.80. The molecule has 1 aliphatic carbocycles. The van der Waals surface area contributed by atoms with Crippen molar-refractivity contribution in [3.8, 4) is 0 Å². The van der Waals surface area contributed by atoms with Gasteiger partial charge in [0.05, 0.1) is 12.2 Å². The first-order valence-electron chi connectivity index (χ1n) is 6.81. The van der Waals surface area contributed by atoms with E-state index in [1.807, 2.05) is 18.2 Å². The molecule has 0 amide bonds. The predicted molar refractivity (Wildman–Crippen MR) is 72.2 cm³/mol. The molecule has 100 valence electrons. The minimum absolute atomic E-state index is 0.142. The summed E-state index contributed by atoms with van der Waals surface area (Å²) in [6.45, 7) is 2.23. The molecule has 0 bridgehead atoms. The van der Waals surface area contributed by atoms with Gasteiger partial charge in [0.25, 0.3) is 0 Å². The minimum Gasteiger partial charge on any atom is -0.395 e. The second kappa shape index (κ2) is 6.32. The fourth-order valence-corrected chi connectivity index (χ4v) is 2.80. The molecule has 0 spiro atoms. The van der Waals surface area contributed by atoms with Crippen molar-refractivity contribution >= 4 is 0 Å². The van der Waals surface area contributed by atoms with Gasteiger partial charge in [0, 0.05) is 19.6 Å². The van der Waals surface area contributed by atoms with E-state index >= 15 is 0 Å². The molecule has 0 atom stereocenters. The first-order valence-corrected chi connectivity index (χ1v) is 6.81. The van der Waals surface area contributed by atoms with Gasteiger partial charge >= 0.3 is 0 Å². The highest BCUT2D eigenvalue weighted by Crippen LogP contribution is 2.30. The molecule has 2 N–H and O–H groups in total. The van der Waals surface area contributed by atoms with Crippen LogP contribution >= 0.6 is 0 Å². The quantitative estimate of drug-likeness (QED) is 0.808. The molecule has 18 heavy (non-hydrogen) atoms. The van der Waals surface area contributed by atoms with E-state index in [9.17, 15) is 5.11 Å². The molecular formula is C15H23NO2. The van der Waals surface area contributed by atoms with E-state index in [1.54, 1.807) is 0 Å². The molecule has 1 aromatic carbocycles. The number of rotatable bonds is 6. The van der Waals surface area contributed by atoms with E-state index in [2.05, 4.69) is 17.0 Å². The Kier molecular flexibility index (Phi) is 4.75. The van der Waals surface area contributed by atoms with Crippen LogP contribution in [0.1, 0.15) is 31.2 Å². The van der Waals surface area contributed by atoms with Gasteiger partial charge < -0.3 is 10.2 Å². The van der Waals surface area contributed by atoms with Gasteiger partial charge in [-0.15, -0.1) is 0 Å². The number of aliphatic hydroxyl groups excluding tert-OH is 1. The van der Waals surface area contributed by atoms with Gasteiger partial charge in [-0.05, 0) is 18.4 Å². The van der Waals surface area contributed by atoms with E-state index in [-0.39, 0.29) is 6.61 Å². The van der Waals surface area contributed by atoms with E-state index in [0.717, 1.165) is 32.2 Å². The van der Waals surface area contributed by atoms with Crippen molar-refractivity contribution in [2.45, 2.75) is 37.8 Å². The number of hydrogen-bond donors (Lipinski definition) is 2. The summed E-state index contributed by atoms with van der Waals surface area (Å²) in [4.78, 5) is 2.15. The topological polar surface area (TPSA) is 43.7 Å². The number of hydrogen-bond acceptors (Lipinski definition) is 3. The largest absolute Gasteiger partial charge is 0.395 e. The normalized spacial score (nSPS) is 18.4. The highest BCUT2D eigenvalue weighted by molar-refractivity contribution is 5.14. The second-order valence-corrected chi connectivity index (χ2v) is 5.35. The molecule has 3 nitrogen and oxygen atoms in total. The summed E-state index contributed by atoms with van der Waals surface area (Å²) < 4.78 is 0. The Hall–Kier alpha value is -0.900. The zero-order valence-corrected chi connectivity index (χ0v) is 10.9. The van der Waals surface area contributed by atoms with Crippen LogP contribution in [0.3, 0.4) is 0 Å².